The summed E-state index contributed by atoms with van der Waals surface area (Å²) in [6.45, 7) is 0. The molecule has 0 N–H and O–H groups in total. The van der Waals surface area contributed by atoms with Crippen LogP contribution in [0.2, 0.25) is 0 Å². The molecular formula is C16H20O3. The molecule has 1 saturated heterocycles. The highest BCUT2D eigenvalue weighted by atomic mass is 16.6. The third-order valence-electron chi connectivity index (χ3n) is 3.58. The van der Waals surface area contributed by atoms with E-state index in [1.807, 2.05) is 0 Å². The molecule has 2 unspecified atom stereocenters. The number of rotatable bonds is 1. The highest BCUT2D eigenvalue weighted by molar-refractivity contribution is 5.94. The van der Waals surface area contributed by atoms with Crippen LogP contribution in [0.3, 0.4) is 0 Å². The molecule has 2 atom stereocenters. The van der Waals surface area contributed by atoms with Gasteiger partial charge >= 0.3 is 11.9 Å². The van der Waals surface area contributed by atoms with Crippen molar-refractivity contribution < 1.29 is 14.3 Å². The molecule has 0 aromatic carbocycles. The lowest BCUT2D eigenvalue weighted by Gasteiger charge is -2.15. The molecule has 2 aliphatic rings. The van der Waals surface area contributed by atoms with E-state index in [1.54, 1.807) is 0 Å². The summed E-state index contributed by atoms with van der Waals surface area (Å²) < 4.78 is 4.66. The third kappa shape index (κ3) is 4.19. The first-order valence-corrected chi connectivity index (χ1v) is 6.98. The van der Waals surface area contributed by atoms with Crippen LogP contribution < -0.4 is 0 Å². The number of allylic oxidation sites excluding steroid dienone is 6. The fraction of sp³-hybridized carbons (Fsp3) is 0.500. The highest BCUT2D eigenvalue weighted by Crippen LogP contribution is 2.29. The SMILES string of the molecule is O=C1CC(C2/C=C\C/C=C\CC/C=C\CC2)C(=O)O1. The average molecular weight is 260 g/mol. The first-order chi connectivity index (χ1) is 9.27. The molecule has 1 heterocycles. The van der Waals surface area contributed by atoms with Crippen LogP contribution in [0, 0.1) is 11.8 Å². The summed E-state index contributed by atoms with van der Waals surface area (Å²) >= 11 is 0. The van der Waals surface area contributed by atoms with Crippen molar-refractivity contribution in [2.24, 2.45) is 11.8 Å². The van der Waals surface area contributed by atoms with Crippen LogP contribution in [0.5, 0.6) is 0 Å². The van der Waals surface area contributed by atoms with Gasteiger partial charge in [0.05, 0.1) is 12.3 Å². The quantitative estimate of drug-likeness (QED) is 0.412. The van der Waals surface area contributed by atoms with E-state index in [-0.39, 0.29) is 30.2 Å². The zero-order valence-electron chi connectivity index (χ0n) is 11.1. The second-order valence-electron chi connectivity index (χ2n) is 5.03. The fourth-order valence-corrected chi connectivity index (χ4v) is 2.51. The van der Waals surface area contributed by atoms with Gasteiger partial charge in [-0.25, -0.2) is 0 Å². The molecule has 3 nitrogen and oxygen atoms in total. The maximum atomic E-state index is 11.6. The van der Waals surface area contributed by atoms with Gasteiger partial charge in [-0.3, -0.25) is 9.59 Å². The molecule has 1 fully saturated rings. The van der Waals surface area contributed by atoms with Crippen LogP contribution in [0.15, 0.2) is 36.5 Å². The molecule has 0 aromatic rings. The average Bonchev–Trinajstić information content (AvgIpc) is 2.69. The minimum absolute atomic E-state index is 0.108. The van der Waals surface area contributed by atoms with Gasteiger partial charge in [-0.05, 0) is 38.0 Å². The Morgan fingerprint density at radius 2 is 1.68 bits per heavy atom. The summed E-state index contributed by atoms with van der Waals surface area (Å²) in [6.07, 6.45) is 17.9. The van der Waals surface area contributed by atoms with Crippen molar-refractivity contribution in [2.75, 3.05) is 0 Å². The van der Waals surface area contributed by atoms with E-state index in [2.05, 4.69) is 41.2 Å². The van der Waals surface area contributed by atoms with Gasteiger partial charge in [-0.2, -0.15) is 0 Å². The Kier molecular flexibility index (Phi) is 5.13. The Labute approximate surface area is 114 Å². The third-order valence-corrected chi connectivity index (χ3v) is 3.58. The van der Waals surface area contributed by atoms with Crippen molar-refractivity contribution >= 4 is 11.9 Å². The second kappa shape index (κ2) is 7.07. The summed E-state index contributed by atoms with van der Waals surface area (Å²) in [4.78, 5) is 22.8. The monoisotopic (exact) mass is 260 g/mol. The van der Waals surface area contributed by atoms with E-state index < -0.39 is 0 Å². The van der Waals surface area contributed by atoms with Gasteiger partial charge in [0.25, 0.3) is 0 Å². The van der Waals surface area contributed by atoms with Crippen molar-refractivity contribution in [1.29, 1.82) is 0 Å². The lowest BCUT2D eigenvalue weighted by Crippen LogP contribution is -2.17. The number of ether oxygens (including phenoxy) is 1. The molecule has 102 valence electrons. The molecule has 1 aliphatic carbocycles. The molecule has 2 rings (SSSR count). The van der Waals surface area contributed by atoms with Crippen LogP contribution in [-0.4, -0.2) is 11.9 Å². The molecule has 0 radical (unpaired) electrons. The molecule has 0 spiro atoms. The number of carbonyl (C=O) groups is 2. The molecule has 0 saturated carbocycles. The predicted octanol–water partition coefficient (Wildman–Crippen LogP) is 3.33. The van der Waals surface area contributed by atoms with Crippen LogP contribution in [-0.2, 0) is 14.3 Å². The van der Waals surface area contributed by atoms with Gasteiger partial charge in [-0.15, -0.1) is 0 Å². The molecule has 0 aromatic heterocycles. The topological polar surface area (TPSA) is 43.4 Å². The van der Waals surface area contributed by atoms with Gasteiger partial charge in [-0.1, -0.05) is 36.5 Å². The smallest absolute Gasteiger partial charge is 0.317 e. The molecular weight excluding hydrogens is 240 g/mol. The van der Waals surface area contributed by atoms with E-state index >= 15 is 0 Å². The molecule has 19 heavy (non-hydrogen) atoms. The van der Waals surface area contributed by atoms with E-state index in [4.69, 9.17) is 0 Å². The number of cyclic esters (lactones) is 2. The lowest BCUT2D eigenvalue weighted by molar-refractivity contribution is -0.153. The van der Waals surface area contributed by atoms with Gasteiger partial charge in [0, 0.05) is 0 Å². The van der Waals surface area contributed by atoms with Crippen molar-refractivity contribution in [1.82, 2.24) is 0 Å². The first-order valence-electron chi connectivity index (χ1n) is 6.98. The number of carbonyl (C=O) groups excluding carboxylic acids is 2. The van der Waals surface area contributed by atoms with E-state index in [1.165, 1.54) is 0 Å². The van der Waals surface area contributed by atoms with E-state index in [0.29, 0.717) is 0 Å². The number of hydrogen-bond acceptors (Lipinski definition) is 3. The highest BCUT2D eigenvalue weighted by Gasteiger charge is 2.37. The van der Waals surface area contributed by atoms with Crippen LogP contribution in [0.1, 0.15) is 38.5 Å². The lowest BCUT2D eigenvalue weighted by atomic mass is 9.86. The molecule has 0 amide bonds. The summed E-state index contributed by atoms with van der Waals surface area (Å²) in [7, 11) is 0. The Morgan fingerprint density at radius 3 is 2.42 bits per heavy atom. The zero-order valence-corrected chi connectivity index (χ0v) is 11.1. The fourth-order valence-electron chi connectivity index (χ4n) is 2.51. The van der Waals surface area contributed by atoms with E-state index in [9.17, 15) is 9.59 Å². The minimum atomic E-state index is -0.384. The van der Waals surface area contributed by atoms with Crippen molar-refractivity contribution in [2.45, 2.75) is 38.5 Å². The molecule has 3 heteroatoms. The summed E-state index contributed by atoms with van der Waals surface area (Å²) in [5.41, 5.74) is 0. The summed E-state index contributed by atoms with van der Waals surface area (Å²) in [5, 5.41) is 0. The second-order valence-corrected chi connectivity index (χ2v) is 5.03. The van der Waals surface area contributed by atoms with Crippen LogP contribution in [0.25, 0.3) is 0 Å². The zero-order chi connectivity index (χ0) is 13.5. The Morgan fingerprint density at radius 1 is 0.947 bits per heavy atom. The number of hydrogen-bond donors (Lipinski definition) is 0. The molecule has 0 bridgehead atoms. The standard InChI is InChI=1S/C16H20O3/c17-15-12-14(16(18)19-15)13-10-8-6-4-2-1-3-5-7-9-11-13/h2,4-5,7-8,10,13-14H,1,3,6,9,11-12H2/b4-2-,7-5-,10-8-. The Balaban J connectivity index is 2.04. The summed E-state index contributed by atoms with van der Waals surface area (Å²) in [5.74, 6) is -0.920. The van der Waals surface area contributed by atoms with Crippen molar-refractivity contribution in [3.05, 3.63) is 36.5 Å². The Hall–Kier alpha value is -1.64. The van der Waals surface area contributed by atoms with Gasteiger partial charge < -0.3 is 4.74 Å². The van der Waals surface area contributed by atoms with Gasteiger partial charge in [0.2, 0.25) is 0 Å². The van der Waals surface area contributed by atoms with Crippen molar-refractivity contribution in [3.63, 3.8) is 0 Å². The normalized spacial score (nSPS) is 33.9. The maximum Gasteiger partial charge on any atom is 0.317 e. The maximum absolute atomic E-state index is 11.6. The largest absolute Gasteiger partial charge is 0.393 e. The number of esters is 2. The van der Waals surface area contributed by atoms with Crippen molar-refractivity contribution in [3.8, 4) is 0 Å². The minimum Gasteiger partial charge on any atom is -0.393 e. The summed E-state index contributed by atoms with van der Waals surface area (Å²) in [6, 6.07) is 0. The predicted molar refractivity (Wildman–Crippen MR) is 73.2 cm³/mol. The first kappa shape index (κ1) is 13.8. The van der Waals surface area contributed by atoms with Gasteiger partial charge in [0.1, 0.15) is 0 Å². The van der Waals surface area contributed by atoms with Gasteiger partial charge in [0.15, 0.2) is 0 Å². The molecule has 1 aliphatic heterocycles. The van der Waals surface area contributed by atoms with E-state index in [0.717, 1.165) is 32.1 Å². The van der Waals surface area contributed by atoms with Crippen LogP contribution in [0.4, 0.5) is 0 Å². The van der Waals surface area contributed by atoms with Crippen LogP contribution >= 0.6 is 0 Å². The Bertz CT molecular complexity index is 418.